The Hall–Kier alpha value is -1.56. The van der Waals surface area contributed by atoms with Gasteiger partial charge in [0.15, 0.2) is 0 Å². The van der Waals surface area contributed by atoms with Crippen molar-refractivity contribution in [2.24, 2.45) is 0 Å². The summed E-state index contributed by atoms with van der Waals surface area (Å²) in [6.45, 7) is 6.55. The second kappa shape index (κ2) is 6.93. The van der Waals surface area contributed by atoms with Crippen LogP contribution in [-0.2, 0) is 0 Å². The van der Waals surface area contributed by atoms with Crippen molar-refractivity contribution in [3.63, 3.8) is 0 Å². The first-order chi connectivity index (χ1) is 10.0. The number of carbonyl (C=O) groups excluding carboxylic acids is 1. The van der Waals surface area contributed by atoms with E-state index in [0.717, 1.165) is 42.8 Å². The first kappa shape index (κ1) is 15.8. The number of piperidine rings is 1. The quantitative estimate of drug-likeness (QED) is 0.893. The second-order valence-corrected chi connectivity index (χ2v) is 5.76. The molecular formula is C15H25N3O3. The average Bonchev–Trinajstić information content (AvgIpc) is 2.79. The smallest absolute Gasteiger partial charge is 0.318 e. The Morgan fingerprint density at radius 3 is 2.90 bits per heavy atom. The van der Waals surface area contributed by atoms with Crippen LogP contribution in [0.2, 0.25) is 0 Å². The number of rotatable bonds is 4. The summed E-state index contributed by atoms with van der Waals surface area (Å²) in [6, 6.07) is -0.0679. The molecule has 0 saturated carbocycles. The van der Waals surface area contributed by atoms with E-state index in [4.69, 9.17) is 9.63 Å². The summed E-state index contributed by atoms with van der Waals surface area (Å²) in [5, 5.41) is 16.1. The van der Waals surface area contributed by atoms with Gasteiger partial charge in [-0.05, 0) is 46.5 Å². The van der Waals surface area contributed by atoms with E-state index in [2.05, 4.69) is 10.5 Å². The van der Waals surface area contributed by atoms with Crippen LogP contribution in [-0.4, -0.2) is 40.4 Å². The van der Waals surface area contributed by atoms with Gasteiger partial charge in [0.2, 0.25) is 0 Å². The van der Waals surface area contributed by atoms with E-state index in [9.17, 15) is 4.79 Å². The highest BCUT2D eigenvalue weighted by molar-refractivity contribution is 5.75. The number of aliphatic hydroxyl groups is 1. The highest BCUT2D eigenvalue weighted by Crippen LogP contribution is 2.23. The highest BCUT2D eigenvalue weighted by Gasteiger charge is 2.28. The number of urea groups is 1. The van der Waals surface area contributed by atoms with Gasteiger partial charge in [-0.2, -0.15) is 0 Å². The van der Waals surface area contributed by atoms with Gasteiger partial charge in [0.05, 0.1) is 11.7 Å². The van der Waals surface area contributed by atoms with Gasteiger partial charge in [-0.25, -0.2) is 4.79 Å². The number of hydrogen-bond acceptors (Lipinski definition) is 4. The molecule has 0 unspecified atom stereocenters. The Balaban J connectivity index is 2.02. The molecule has 1 aliphatic heterocycles. The molecule has 2 amide bonds. The lowest BCUT2D eigenvalue weighted by Gasteiger charge is -2.36. The van der Waals surface area contributed by atoms with E-state index in [1.165, 1.54) is 0 Å². The molecule has 1 fully saturated rings. The fraction of sp³-hybridized carbons (Fsp3) is 0.733. The predicted octanol–water partition coefficient (Wildman–Crippen LogP) is 2.30. The number of nitrogens with zero attached hydrogens (tertiary/aromatic N) is 2. The summed E-state index contributed by atoms with van der Waals surface area (Å²) >= 11 is 0. The van der Waals surface area contributed by atoms with E-state index >= 15 is 0 Å². The van der Waals surface area contributed by atoms with Crippen molar-refractivity contribution >= 4 is 6.03 Å². The molecule has 1 saturated heterocycles. The minimum atomic E-state index is -0.138. The van der Waals surface area contributed by atoms with Gasteiger partial charge in [-0.1, -0.05) is 5.16 Å². The van der Waals surface area contributed by atoms with Gasteiger partial charge in [-0.15, -0.1) is 0 Å². The number of hydrogen-bond donors (Lipinski definition) is 2. The van der Waals surface area contributed by atoms with Crippen LogP contribution in [0.15, 0.2) is 4.52 Å². The van der Waals surface area contributed by atoms with E-state index in [0.29, 0.717) is 6.42 Å². The van der Waals surface area contributed by atoms with Crippen molar-refractivity contribution in [3.05, 3.63) is 17.0 Å². The third-order valence-corrected chi connectivity index (χ3v) is 4.21. The second-order valence-electron chi connectivity index (χ2n) is 5.76. The van der Waals surface area contributed by atoms with Gasteiger partial charge in [0.25, 0.3) is 0 Å². The van der Waals surface area contributed by atoms with Crippen molar-refractivity contribution < 1.29 is 14.4 Å². The largest absolute Gasteiger partial charge is 0.396 e. The molecule has 0 radical (unpaired) electrons. The molecule has 0 aliphatic carbocycles. The summed E-state index contributed by atoms with van der Waals surface area (Å²) in [5.41, 5.74) is 1.75. The third kappa shape index (κ3) is 3.56. The summed E-state index contributed by atoms with van der Waals surface area (Å²) in [4.78, 5) is 14.3. The highest BCUT2D eigenvalue weighted by atomic mass is 16.5. The Morgan fingerprint density at radius 2 is 2.29 bits per heavy atom. The van der Waals surface area contributed by atoms with Crippen LogP contribution in [0.4, 0.5) is 4.79 Å². The zero-order valence-electron chi connectivity index (χ0n) is 13.1. The molecule has 118 valence electrons. The summed E-state index contributed by atoms with van der Waals surface area (Å²) in [7, 11) is 0. The first-order valence-electron chi connectivity index (χ1n) is 7.65. The van der Waals surface area contributed by atoms with Crippen LogP contribution < -0.4 is 5.32 Å². The van der Waals surface area contributed by atoms with Crippen LogP contribution in [0.3, 0.4) is 0 Å². The summed E-state index contributed by atoms with van der Waals surface area (Å²) < 4.78 is 5.16. The Bertz CT molecular complexity index is 465. The topological polar surface area (TPSA) is 78.6 Å². The fourth-order valence-corrected chi connectivity index (χ4v) is 3.17. The number of aliphatic hydroxyl groups excluding tert-OH is 1. The van der Waals surface area contributed by atoms with E-state index in [1.807, 2.05) is 25.7 Å². The lowest BCUT2D eigenvalue weighted by Crippen LogP contribution is -2.49. The molecule has 2 atom stereocenters. The number of likely N-dealkylation sites (tertiary alicyclic amines) is 1. The molecule has 2 heterocycles. The Morgan fingerprint density at radius 1 is 1.52 bits per heavy atom. The lowest BCUT2D eigenvalue weighted by molar-refractivity contribution is 0.130. The van der Waals surface area contributed by atoms with Crippen molar-refractivity contribution in [1.29, 1.82) is 0 Å². The Kier molecular flexibility index (Phi) is 5.22. The molecule has 2 N–H and O–H groups in total. The van der Waals surface area contributed by atoms with Crippen LogP contribution in [0, 0.1) is 13.8 Å². The van der Waals surface area contributed by atoms with Gasteiger partial charge < -0.3 is 19.8 Å². The molecule has 0 aromatic carbocycles. The Labute approximate surface area is 125 Å². The number of aromatic nitrogens is 1. The van der Waals surface area contributed by atoms with E-state index < -0.39 is 0 Å². The van der Waals surface area contributed by atoms with Crippen LogP contribution >= 0.6 is 0 Å². The molecule has 0 bridgehead atoms. The molecule has 21 heavy (non-hydrogen) atoms. The standard InChI is InChI=1S/C15H25N3O3/c1-10(14-11(2)17-21-12(14)3)16-15(20)18-8-5-4-6-13(18)7-9-19/h10,13,19H,4-9H2,1-3H3,(H,16,20)/t10-,13+/m1/s1. The fourth-order valence-electron chi connectivity index (χ4n) is 3.17. The number of nitrogens with one attached hydrogen (secondary N) is 1. The average molecular weight is 295 g/mol. The molecule has 6 heteroatoms. The van der Waals surface area contributed by atoms with Crippen LogP contribution in [0.1, 0.15) is 55.7 Å². The van der Waals surface area contributed by atoms with Gasteiger partial charge in [0, 0.05) is 24.8 Å². The maximum Gasteiger partial charge on any atom is 0.318 e. The minimum absolute atomic E-state index is 0.0688. The van der Waals surface area contributed by atoms with Crippen molar-refractivity contribution in [2.45, 2.75) is 58.5 Å². The maximum atomic E-state index is 12.5. The van der Waals surface area contributed by atoms with Crippen LogP contribution in [0.5, 0.6) is 0 Å². The zero-order chi connectivity index (χ0) is 15.4. The molecule has 0 spiro atoms. The summed E-state index contributed by atoms with van der Waals surface area (Å²) in [6.07, 6.45) is 3.75. The molecule has 1 aromatic heterocycles. The van der Waals surface area contributed by atoms with Gasteiger partial charge in [0.1, 0.15) is 5.76 Å². The van der Waals surface area contributed by atoms with E-state index in [-0.39, 0.29) is 24.7 Å². The van der Waals surface area contributed by atoms with Crippen molar-refractivity contribution in [3.8, 4) is 0 Å². The number of aryl methyl sites for hydroxylation is 2. The van der Waals surface area contributed by atoms with Gasteiger partial charge >= 0.3 is 6.03 Å². The summed E-state index contributed by atoms with van der Waals surface area (Å²) in [5.74, 6) is 0.742. The normalized spacial score (nSPS) is 20.4. The van der Waals surface area contributed by atoms with Crippen molar-refractivity contribution in [1.82, 2.24) is 15.4 Å². The molecular weight excluding hydrogens is 270 g/mol. The third-order valence-electron chi connectivity index (χ3n) is 4.21. The SMILES string of the molecule is Cc1noc(C)c1[C@@H](C)NC(=O)N1CCCC[C@H]1CCO. The number of carbonyl (C=O) groups is 1. The number of amides is 2. The van der Waals surface area contributed by atoms with Crippen molar-refractivity contribution in [2.75, 3.05) is 13.2 Å². The van der Waals surface area contributed by atoms with E-state index in [1.54, 1.807) is 0 Å². The van der Waals surface area contributed by atoms with Crippen LogP contribution in [0.25, 0.3) is 0 Å². The first-order valence-corrected chi connectivity index (χ1v) is 7.65. The molecule has 1 aliphatic rings. The molecule has 1 aromatic rings. The predicted molar refractivity (Wildman–Crippen MR) is 79.0 cm³/mol. The zero-order valence-corrected chi connectivity index (χ0v) is 13.1. The van der Waals surface area contributed by atoms with Gasteiger partial charge in [-0.3, -0.25) is 0 Å². The maximum absolute atomic E-state index is 12.5. The molecule has 2 rings (SSSR count). The monoisotopic (exact) mass is 295 g/mol. The lowest BCUT2D eigenvalue weighted by atomic mass is 10.00. The molecule has 6 nitrogen and oxygen atoms in total. The minimum Gasteiger partial charge on any atom is -0.396 e.